The molecule has 4 heterocycles. The van der Waals surface area contributed by atoms with Crippen molar-refractivity contribution in [2.75, 3.05) is 31.1 Å². The first-order valence-electron chi connectivity index (χ1n) is 11.8. The number of benzene rings is 1. The number of amides is 1. The van der Waals surface area contributed by atoms with Gasteiger partial charge in [-0.15, -0.1) is 0 Å². The second-order valence-corrected chi connectivity index (χ2v) is 10.2. The number of nitrogens with zero attached hydrogens (tertiary/aromatic N) is 7. The maximum Gasteiger partial charge on any atom is 0.330 e. The van der Waals surface area contributed by atoms with E-state index in [9.17, 15) is 9.59 Å². The van der Waals surface area contributed by atoms with E-state index in [1.165, 1.54) is 6.33 Å². The van der Waals surface area contributed by atoms with Crippen LogP contribution in [-0.2, 0) is 13.6 Å². The van der Waals surface area contributed by atoms with Gasteiger partial charge in [0.25, 0.3) is 5.91 Å². The number of nitrogens with one attached hydrogen (secondary N) is 1. The van der Waals surface area contributed by atoms with Gasteiger partial charge in [0, 0.05) is 51.0 Å². The van der Waals surface area contributed by atoms with Crippen LogP contribution in [0, 0.1) is 5.41 Å². The van der Waals surface area contributed by atoms with Crippen LogP contribution in [0.4, 0.5) is 5.69 Å². The second-order valence-electron chi connectivity index (χ2n) is 10.2. The van der Waals surface area contributed by atoms with Crippen LogP contribution in [0.15, 0.2) is 47.5 Å². The molecule has 0 aliphatic carbocycles. The molecule has 4 aromatic rings. The lowest BCUT2D eigenvalue weighted by Crippen LogP contribution is -2.49. The zero-order chi connectivity index (χ0) is 24.7. The molecule has 10 nitrogen and oxygen atoms in total. The van der Waals surface area contributed by atoms with E-state index >= 15 is 0 Å². The van der Waals surface area contributed by atoms with Crippen molar-refractivity contribution in [3.63, 3.8) is 0 Å². The molecule has 0 atom stereocenters. The number of rotatable bonds is 4. The van der Waals surface area contributed by atoms with E-state index in [2.05, 4.69) is 53.0 Å². The molecule has 1 saturated heterocycles. The first-order valence-corrected chi connectivity index (χ1v) is 11.8. The molecule has 1 N–H and O–H groups in total. The minimum Gasteiger partial charge on any atom is -0.368 e. The molecule has 1 aromatic carbocycles. The molecule has 0 spiro atoms. The molecule has 1 amide bonds. The van der Waals surface area contributed by atoms with Crippen LogP contribution in [0.1, 0.15) is 31.4 Å². The lowest BCUT2D eigenvalue weighted by Gasteiger charge is -2.35. The van der Waals surface area contributed by atoms with E-state index in [4.69, 9.17) is 4.98 Å². The Labute approximate surface area is 203 Å². The average Bonchev–Trinajstić information content (AvgIpc) is 3.47. The predicted octanol–water partition coefficient (Wildman–Crippen LogP) is 2.53. The summed E-state index contributed by atoms with van der Waals surface area (Å²) in [6.07, 6.45) is 1.34. The van der Waals surface area contributed by atoms with Gasteiger partial charge in [-0.05, 0) is 29.7 Å². The first kappa shape index (κ1) is 22.8. The monoisotopic (exact) mass is 474 g/mol. The van der Waals surface area contributed by atoms with Crippen molar-refractivity contribution < 1.29 is 4.79 Å². The van der Waals surface area contributed by atoms with Crippen LogP contribution in [-0.4, -0.2) is 66.3 Å². The molecular formula is C25H30N8O2. The molecule has 1 aliphatic heterocycles. The predicted molar refractivity (Wildman–Crippen MR) is 134 cm³/mol. The molecule has 5 rings (SSSR count). The Kier molecular flexibility index (Phi) is 5.66. The third-order valence-electron chi connectivity index (χ3n) is 6.30. The molecule has 35 heavy (non-hydrogen) atoms. The standard InChI is InChI=1S/C25H30N8O2/c1-25(2,3)15-33-20-9-8-19(28-22(20)30(4)24(33)35)17-6-5-7-18(14-17)31-10-12-32(13-11-31)23(34)21-26-16-27-29-21/h5-9,14,16H,10-13,15H2,1-4H3,(H,26,27,29). The number of aromatic amines is 1. The van der Waals surface area contributed by atoms with Crippen molar-refractivity contribution in [1.82, 2.24) is 34.2 Å². The molecule has 0 saturated carbocycles. The summed E-state index contributed by atoms with van der Waals surface area (Å²) < 4.78 is 3.43. The van der Waals surface area contributed by atoms with Crippen molar-refractivity contribution in [1.29, 1.82) is 0 Å². The van der Waals surface area contributed by atoms with Gasteiger partial charge in [0.2, 0.25) is 5.82 Å². The maximum atomic E-state index is 12.9. The Bertz CT molecular complexity index is 1420. The zero-order valence-electron chi connectivity index (χ0n) is 20.5. The van der Waals surface area contributed by atoms with E-state index in [0.29, 0.717) is 25.3 Å². The molecule has 10 heteroatoms. The number of imidazole rings is 1. The van der Waals surface area contributed by atoms with Crippen molar-refractivity contribution in [2.24, 2.45) is 12.5 Å². The Morgan fingerprint density at radius 1 is 1.09 bits per heavy atom. The molecule has 0 bridgehead atoms. The summed E-state index contributed by atoms with van der Waals surface area (Å²) in [7, 11) is 1.77. The number of aromatic nitrogens is 6. The summed E-state index contributed by atoms with van der Waals surface area (Å²) in [5, 5.41) is 6.40. The lowest BCUT2D eigenvalue weighted by molar-refractivity contribution is 0.0735. The number of pyridine rings is 1. The normalized spacial score (nSPS) is 14.6. The van der Waals surface area contributed by atoms with Crippen molar-refractivity contribution >= 4 is 22.8 Å². The van der Waals surface area contributed by atoms with Gasteiger partial charge in [0.1, 0.15) is 6.33 Å². The van der Waals surface area contributed by atoms with Crippen LogP contribution in [0.25, 0.3) is 22.4 Å². The smallest absolute Gasteiger partial charge is 0.330 e. The summed E-state index contributed by atoms with van der Waals surface area (Å²) in [4.78, 5) is 38.3. The van der Waals surface area contributed by atoms with Crippen molar-refractivity contribution in [3.05, 3.63) is 59.0 Å². The lowest BCUT2D eigenvalue weighted by atomic mass is 9.97. The van der Waals surface area contributed by atoms with E-state index in [-0.39, 0.29) is 22.8 Å². The number of aryl methyl sites for hydroxylation is 1. The van der Waals surface area contributed by atoms with Crippen LogP contribution in [0.2, 0.25) is 0 Å². The minimum atomic E-state index is -0.127. The molecule has 182 valence electrons. The fourth-order valence-corrected chi connectivity index (χ4v) is 4.55. The highest BCUT2D eigenvalue weighted by molar-refractivity contribution is 5.90. The summed E-state index contributed by atoms with van der Waals surface area (Å²) in [5.74, 6) is 0.144. The third kappa shape index (κ3) is 4.43. The van der Waals surface area contributed by atoms with Crippen LogP contribution in [0.3, 0.4) is 0 Å². The largest absolute Gasteiger partial charge is 0.368 e. The van der Waals surface area contributed by atoms with Crippen LogP contribution >= 0.6 is 0 Å². The summed E-state index contributed by atoms with van der Waals surface area (Å²) in [6.45, 7) is 9.65. The fourth-order valence-electron chi connectivity index (χ4n) is 4.55. The van der Waals surface area contributed by atoms with E-state index in [0.717, 1.165) is 35.6 Å². The first-order chi connectivity index (χ1) is 16.7. The van der Waals surface area contributed by atoms with E-state index in [1.54, 1.807) is 16.5 Å². The minimum absolute atomic E-state index is 0.0193. The molecule has 3 aromatic heterocycles. The summed E-state index contributed by atoms with van der Waals surface area (Å²) in [5.41, 5.74) is 4.35. The van der Waals surface area contributed by atoms with Gasteiger partial charge < -0.3 is 9.80 Å². The third-order valence-corrected chi connectivity index (χ3v) is 6.30. The second kappa shape index (κ2) is 8.68. The van der Waals surface area contributed by atoms with E-state index in [1.807, 2.05) is 28.8 Å². The molecule has 1 fully saturated rings. The SMILES string of the molecule is Cn1c(=O)n(CC(C)(C)C)c2ccc(-c3cccc(N4CCN(C(=O)c5ncn[nH]5)CC4)c3)nc21. The number of anilines is 1. The van der Waals surface area contributed by atoms with Gasteiger partial charge in [-0.2, -0.15) is 5.10 Å². The average molecular weight is 475 g/mol. The number of carbonyl (C=O) groups excluding carboxylic acids is 1. The van der Waals surface area contributed by atoms with Gasteiger partial charge in [-0.1, -0.05) is 32.9 Å². The van der Waals surface area contributed by atoms with Gasteiger partial charge >= 0.3 is 5.69 Å². The Morgan fingerprint density at radius 3 is 2.54 bits per heavy atom. The van der Waals surface area contributed by atoms with Gasteiger partial charge in [-0.3, -0.25) is 19.0 Å². The number of hydrogen-bond donors (Lipinski definition) is 1. The quantitative estimate of drug-likeness (QED) is 0.487. The van der Waals surface area contributed by atoms with Crippen LogP contribution < -0.4 is 10.6 Å². The number of carbonyl (C=O) groups is 1. The maximum absolute atomic E-state index is 12.9. The van der Waals surface area contributed by atoms with Gasteiger partial charge in [-0.25, -0.2) is 14.8 Å². The van der Waals surface area contributed by atoms with Gasteiger partial charge in [0.05, 0.1) is 11.2 Å². The van der Waals surface area contributed by atoms with Crippen LogP contribution in [0.5, 0.6) is 0 Å². The topological polar surface area (TPSA) is 105 Å². The fraction of sp³-hybridized carbons (Fsp3) is 0.400. The zero-order valence-corrected chi connectivity index (χ0v) is 20.5. The molecule has 1 aliphatic rings. The molecule has 0 unspecified atom stereocenters. The number of H-pyrrole nitrogens is 1. The molecule has 0 radical (unpaired) electrons. The number of piperazine rings is 1. The van der Waals surface area contributed by atoms with E-state index < -0.39 is 0 Å². The summed E-state index contributed by atoms with van der Waals surface area (Å²) in [6, 6.07) is 12.2. The highest BCUT2D eigenvalue weighted by atomic mass is 16.2. The van der Waals surface area contributed by atoms with Gasteiger partial charge in [0.15, 0.2) is 5.65 Å². The highest BCUT2D eigenvalue weighted by Crippen LogP contribution is 2.27. The van der Waals surface area contributed by atoms with Crippen molar-refractivity contribution in [2.45, 2.75) is 27.3 Å². The Hall–Kier alpha value is -3.95. The number of hydrogen-bond acceptors (Lipinski definition) is 6. The summed E-state index contributed by atoms with van der Waals surface area (Å²) >= 11 is 0. The van der Waals surface area contributed by atoms with Crippen molar-refractivity contribution in [3.8, 4) is 11.3 Å². The Morgan fingerprint density at radius 2 is 1.86 bits per heavy atom. The molecular weight excluding hydrogens is 444 g/mol. The Balaban J connectivity index is 1.37. The number of fused-ring (bicyclic) bond motifs is 1. The highest BCUT2D eigenvalue weighted by Gasteiger charge is 2.24.